The molecule has 1 aliphatic carbocycles. The van der Waals surface area contributed by atoms with Crippen LogP contribution in [0, 0.1) is 11.7 Å². The Labute approximate surface area is 193 Å². The second-order valence-corrected chi connectivity index (χ2v) is 8.58. The van der Waals surface area contributed by atoms with Gasteiger partial charge in [-0.2, -0.15) is 0 Å². The molecule has 0 radical (unpaired) electrons. The quantitative estimate of drug-likeness (QED) is 0.359. The maximum absolute atomic E-state index is 14.8. The van der Waals surface area contributed by atoms with Gasteiger partial charge in [-0.3, -0.25) is 4.79 Å². The Hall–Kier alpha value is -2.81. The average Bonchev–Trinajstić information content (AvgIpc) is 3.53. The summed E-state index contributed by atoms with van der Waals surface area (Å²) in [4.78, 5) is 23.7. The second kappa shape index (κ2) is 9.99. The average molecular weight is 488 g/mol. The molecule has 1 saturated carbocycles. The fourth-order valence-electron chi connectivity index (χ4n) is 3.27. The van der Waals surface area contributed by atoms with Crippen molar-refractivity contribution in [3.63, 3.8) is 0 Å². The number of benzene rings is 2. The third-order valence-electron chi connectivity index (χ3n) is 5.13. The molecule has 0 spiro atoms. The normalized spacial score (nSPS) is 14.7. The lowest BCUT2D eigenvalue weighted by Crippen LogP contribution is -2.40. The van der Waals surface area contributed by atoms with Gasteiger partial charge >= 0.3 is 6.36 Å². The molecule has 3 rings (SSSR count). The van der Waals surface area contributed by atoms with Gasteiger partial charge in [0.05, 0.1) is 11.6 Å². The highest BCUT2D eigenvalue weighted by Gasteiger charge is 2.32. The Morgan fingerprint density at radius 2 is 1.85 bits per heavy atom. The van der Waals surface area contributed by atoms with E-state index < -0.39 is 29.9 Å². The topological polar surface area (TPSA) is 64.6 Å². The number of carbonyl (C=O) groups is 2. The van der Waals surface area contributed by atoms with E-state index in [0.29, 0.717) is 17.4 Å². The highest BCUT2D eigenvalue weighted by atomic mass is 35.5. The Balaban J connectivity index is 1.81. The number of hydrogen-bond donors (Lipinski definition) is 1. The molecule has 0 aromatic heterocycles. The molecule has 33 heavy (non-hydrogen) atoms. The van der Waals surface area contributed by atoms with Crippen molar-refractivity contribution in [1.82, 2.24) is 5.32 Å². The van der Waals surface area contributed by atoms with E-state index in [9.17, 15) is 27.2 Å². The minimum atomic E-state index is -4.89. The van der Waals surface area contributed by atoms with E-state index in [1.807, 2.05) is 0 Å². The summed E-state index contributed by atoms with van der Waals surface area (Å²) < 4.78 is 61.7. The molecular weight excluding hydrogens is 466 g/mol. The third kappa shape index (κ3) is 6.83. The van der Waals surface area contributed by atoms with Gasteiger partial charge in [0.1, 0.15) is 30.2 Å². The lowest BCUT2D eigenvalue weighted by molar-refractivity contribution is -0.274. The zero-order chi connectivity index (χ0) is 24.3. The first-order chi connectivity index (χ1) is 15.5. The zero-order valence-corrected chi connectivity index (χ0v) is 18.6. The molecule has 1 aliphatic rings. The predicted octanol–water partition coefficient (Wildman–Crippen LogP) is 5.79. The van der Waals surface area contributed by atoms with E-state index in [0.717, 1.165) is 25.0 Å². The first kappa shape index (κ1) is 24.8. The van der Waals surface area contributed by atoms with Crippen LogP contribution in [0.4, 0.5) is 17.6 Å². The Kier molecular flexibility index (Phi) is 7.51. The summed E-state index contributed by atoms with van der Waals surface area (Å²) in [6, 6.07) is 5.20. The molecule has 0 saturated heterocycles. The van der Waals surface area contributed by atoms with Gasteiger partial charge in [-0.15, -0.1) is 13.2 Å². The molecule has 2 aromatic carbocycles. The van der Waals surface area contributed by atoms with Crippen molar-refractivity contribution < 1.29 is 36.6 Å². The zero-order valence-electron chi connectivity index (χ0n) is 17.8. The SMILES string of the molecule is CC(C)C(C=O)NC(=O)c1cc(C2CC2)c(COc2cc(Cl)cc(OC(F)(F)F)c2)cc1F. The van der Waals surface area contributed by atoms with E-state index in [1.165, 1.54) is 18.2 Å². The van der Waals surface area contributed by atoms with Crippen LogP contribution in [-0.4, -0.2) is 24.6 Å². The highest BCUT2D eigenvalue weighted by Crippen LogP contribution is 2.43. The molecule has 1 amide bonds. The van der Waals surface area contributed by atoms with Gasteiger partial charge in [0.2, 0.25) is 0 Å². The smallest absolute Gasteiger partial charge is 0.489 e. The maximum atomic E-state index is 14.8. The molecule has 2 aromatic rings. The van der Waals surface area contributed by atoms with Gasteiger partial charge in [-0.1, -0.05) is 25.4 Å². The van der Waals surface area contributed by atoms with Gasteiger partial charge in [-0.05, 0) is 60.1 Å². The molecule has 1 fully saturated rings. The first-order valence-corrected chi connectivity index (χ1v) is 10.6. The number of aldehydes is 1. The van der Waals surface area contributed by atoms with Crippen molar-refractivity contribution in [3.8, 4) is 11.5 Å². The summed E-state index contributed by atoms with van der Waals surface area (Å²) in [6.07, 6.45) is -2.59. The molecule has 10 heteroatoms. The van der Waals surface area contributed by atoms with Gasteiger partial charge in [0.15, 0.2) is 0 Å². The van der Waals surface area contributed by atoms with Crippen LogP contribution in [0.15, 0.2) is 30.3 Å². The molecule has 1 atom stereocenters. The molecule has 1 N–H and O–H groups in total. The van der Waals surface area contributed by atoms with Crippen LogP contribution < -0.4 is 14.8 Å². The Bertz CT molecular complexity index is 1040. The monoisotopic (exact) mass is 487 g/mol. The van der Waals surface area contributed by atoms with Gasteiger partial charge in [0.25, 0.3) is 5.91 Å². The van der Waals surface area contributed by atoms with Crippen molar-refractivity contribution in [2.75, 3.05) is 0 Å². The summed E-state index contributed by atoms with van der Waals surface area (Å²) in [7, 11) is 0. The number of ether oxygens (including phenoxy) is 2. The fraction of sp³-hybridized carbons (Fsp3) is 0.391. The van der Waals surface area contributed by atoms with Crippen LogP contribution >= 0.6 is 11.6 Å². The molecule has 1 unspecified atom stereocenters. The number of amides is 1. The van der Waals surface area contributed by atoms with Crippen LogP contribution in [0.25, 0.3) is 0 Å². The Morgan fingerprint density at radius 1 is 1.18 bits per heavy atom. The number of rotatable bonds is 9. The van der Waals surface area contributed by atoms with Crippen LogP contribution in [0.5, 0.6) is 11.5 Å². The molecule has 5 nitrogen and oxygen atoms in total. The molecule has 0 aliphatic heterocycles. The van der Waals surface area contributed by atoms with Crippen molar-refractivity contribution >= 4 is 23.8 Å². The lowest BCUT2D eigenvalue weighted by Gasteiger charge is -2.18. The van der Waals surface area contributed by atoms with E-state index in [2.05, 4.69) is 10.1 Å². The number of nitrogens with one attached hydrogen (secondary N) is 1. The minimum Gasteiger partial charge on any atom is -0.489 e. The molecular formula is C23H22ClF4NO4. The van der Waals surface area contributed by atoms with Gasteiger partial charge < -0.3 is 19.6 Å². The van der Waals surface area contributed by atoms with Gasteiger partial charge in [0, 0.05) is 11.1 Å². The summed E-state index contributed by atoms with van der Waals surface area (Å²) >= 11 is 5.85. The minimum absolute atomic E-state index is 0.0106. The maximum Gasteiger partial charge on any atom is 0.573 e. The third-order valence-corrected chi connectivity index (χ3v) is 5.34. The predicted molar refractivity (Wildman–Crippen MR) is 113 cm³/mol. The summed E-state index contributed by atoms with van der Waals surface area (Å²) in [5.41, 5.74) is 0.986. The number of carbonyl (C=O) groups excluding carboxylic acids is 2. The van der Waals surface area contributed by atoms with E-state index in [4.69, 9.17) is 16.3 Å². The van der Waals surface area contributed by atoms with E-state index >= 15 is 0 Å². The van der Waals surface area contributed by atoms with Crippen molar-refractivity contribution in [3.05, 3.63) is 57.9 Å². The first-order valence-electron chi connectivity index (χ1n) is 10.2. The van der Waals surface area contributed by atoms with Crippen LogP contribution in [0.1, 0.15) is 54.1 Å². The largest absolute Gasteiger partial charge is 0.573 e. The fourth-order valence-corrected chi connectivity index (χ4v) is 3.48. The van der Waals surface area contributed by atoms with E-state index in [1.54, 1.807) is 13.8 Å². The van der Waals surface area contributed by atoms with Crippen molar-refractivity contribution in [2.45, 2.75) is 51.6 Å². The number of halogens is 5. The van der Waals surface area contributed by atoms with E-state index in [-0.39, 0.29) is 34.8 Å². The Morgan fingerprint density at radius 3 is 2.42 bits per heavy atom. The summed E-state index contributed by atoms with van der Waals surface area (Å²) in [5, 5.41) is 2.49. The van der Waals surface area contributed by atoms with Crippen molar-refractivity contribution in [1.29, 1.82) is 0 Å². The molecule has 178 valence electrons. The number of hydrogen-bond acceptors (Lipinski definition) is 4. The number of alkyl halides is 3. The second-order valence-electron chi connectivity index (χ2n) is 8.14. The van der Waals surface area contributed by atoms with Gasteiger partial charge in [-0.25, -0.2) is 4.39 Å². The van der Waals surface area contributed by atoms with Crippen molar-refractivity contribution in [2.24, 2.45) is 5.92 Å². The van der Waals surface area contributed by atoms with Crippen LogP contribution in [0.3, 0.4) is 0 Å². The lowest BCUT2D eigenvalue weighted by atomic mass is 9.98. The summed E-state index contributed by atoms with van der Waals surface area (Å²) in [5.74, 6) is -2.07. The van der Waals surface area contributed by atoms with Crippen LogP contribution in [-0.2, 0) is 11.4 Å². The molecule has 0 bridgehead atoms. The summed E-state index contributed by atoms with van der Waals surface area (Å²) in [6.45, 7) is 3.36. The molecule has 0 heterocycles. The van der Waals surface area contributed by atoms with Crippen LogP contribution in [0.2, 0.25) is 5.02 Å². The highest BCUT2D eigenvalue weighted by molar-refractivity contribution is 6.30. The standard InChI is InChI=1S/C23H22ClF4NO4/c1-12(2)21(10-30)29-22(31)19-9-18(13-3-4-13)14(5-20(19)25)11-32-16-6-15(24)7-17(8-16)33-23(26,27)28/h5-10,12-13,21H,3-4,11H2,1-2H3,(H,29,31).